The van der Waals surface area contributed by atoms with Crippen LogP contribution >= 0.6 is 11.8 Å². The van der Waals surface area contributed by atoms with Crippen molar-refractivity contribution in [3.8, 4) is 5.75 Å². The van der Waals surface area contributed by atoms with Crippen molar-refractivity contribution < 1.29 is 4.74 Å². The smallest absolute Gasteiger partial charge is 0.120 e. The van der Waals surface area contributed by atoms with E-state index in [1.165, 1.54) is 17.9 Å². The lowest BCUT2D eigenvalue weighted by molar-refractivity contribution is 0.415. The first-order valence-electron chi connectivity index (χ1n) is 5.34. The molecule has 1 aliphatic rings. The van der Waals surface area contributed by atoms with Gasteiger partial charge in [-0.3, -0.25) is 0 Å². The van der Waals surface area contributed by atoms with Gasteiger partial charge in [-0.2, -0.15) is 11.8 Å². The Bertz CT molecular complexity index is 310. The Morgan fingerprint density at radius 3 is 3.20 bits per heavy atom. The molecule has 0 aliphatic carbocycles. The number of methoxy groups -OCH3 is 1. The van der Waals surface area contributed by atoms with E-state index in [-0.39, 0.29) is 0 Å². The summed E-state index contributed by atoms with van der Waals surface area (Å²) in [4.78, 5) is 0. The molecule has 0 bridgehead atoms. The van der Waals surface area contributed by atoms with E-state index in [2.05, 4.69) is 23.1 Å². The normalized spacial score (nSPS) is 20.2. The van der Waals surface area contributed by atoms with Gasteiger partial charge in [0.15, 0.2) is 0 Å². The molecule has 1 heterocycles. The second-order valence-electron chi connectivity index (χ2n) is 3.84. The van der Waals surface area contributed by atoms with E-state index < -0.39 is 0 Å². The van der Waals surface area contributed by atoms with Gasteiger partial charge in [-0.25, -0.2) is 0 Å². The largest absolute Gasteiger partial charge is 0.497 e. The number of ether oxygens (including phenoxy) is 1. The predicted octanol–water partition coefficient (Wildman–Crippen LogP) is 2.86. The molecule has 1 aromatic rings. The highest BCUT2D eigenvalue weighted by atomic mass is 32.2. The number of thioether (sulfide) groups is 1. The van der Waals surface area contributed by atoms with Gasteiger partial charge in [0.25, 0.3) is 0 Å². The zero-order chi connectivity index (χ0) is 10.5. The van der Waals surface area contributed by atoms with E-state index >= 15 is 0 Å². The van der Waals surface area contributed by atoms with Crippen LogP contribution in [0.5, 0.6) is 5.75 Å². The zero-order valence-electron chi connectivity index (χ0n) is 9.03. The number of rotatable bonds is 4. The standard InChI is InChI=1S/C12H17NOS/c1-14-12-4-2-3-11(7-12)13-8-10-5-6-15-9-10/h2-4,7,10,13H,5-6,8-9H2,1H3. The summed E-state index contributed by atoms with van der Waals surface area (Å²) in [5.41, 5.74) is 1.16. The second kappa shape index (κ2) is 5.31. The summed E-state index contributed by atoms with van der Waals surface area (Å²) in [7, 11) is 1.70. The molecule has 1 saturated heterocycles. The molecule has 2 nitrogen and oxygen atoms in total. The van der Waals surface area contributed by atoms with Crippen molar-refractivity contribution in [1.29, 1.82) is 0 Å². The van der Waals surface area contributed by atoms with Crippen LogP contribution in [0.4, 0.5) is 5.69 Å². The Balaban J connectivity index is 1.86. The lowest BCUT2D eigenvalue weighted by atomic mass is 10.1. The first-order valence-corrected chi connectivity index (χ1v) is 6.49. The van der Waals surface area contributed by atoms with Crippen LogP contribution in [0.25, 0.3) is 0 Å². The van der Waals surface area contributed by atoms with Crippen molar-refractivity contribution in [2.45, 2.75) is 6.42 Å². The van der Waals surface area contributed by atoms with Gasteiger partial charge in [-0.05, 0) is 36.0 Å². The first-order chi connectivity index (χ1) is 7.38. The molecular weight excluding hydrogens is 206 g/mol. The van der Waals surface area contributed by atoms with Crippen LogP contribution in [0.1, 0.15) is 6.42 Å². The van der Waals surface area contributed by atoms with Crippen LogP contribution in [0, 0.1) is 5.92 Å². The van der Waals surface area contributed by atoms with Gasteiger partial charge in [0.05, 0.1) is 7.11 Å². The van der Waals surface area contributed by atoms with Gasteiger partial charge in [-0.1, -0.05) is 6.07 Å². The minimum Gasteiger partial charge on any atom is -0.497 e. The van der Waals surface area contributed by atoms with Crippen molar-refractivity contribution in [2.24, 2.45) is 5.92 Å². The van der Waals surface area contributed by atoms with Gasteiger partial charge in [-0.15, -0.1) is 0 Å². The van der Waals surface area contributed by atoms with Crippen LogP contribution < -0.4 is 10.1 Å². The quantitative estimate of drug-likeness (QED) is 0.848. The fraction of sp³-hybridized carbons (Fsp3) is 0.500. The number of hydrogen-bond acceptors (Lipinski definition) is 3. The highest BCUT2D eigenvalue weighted by Crippen LogP contribution is 2.24. The molecule has 1 aromatic carbocycles. The highest BCUT2D eigenvalue weighted by Gasteiger charge is 2.14. The summed E-state index contributed by atoms with van der Waals surface area (Å²) in [6.45, 7) is 1.08. The molecular formula is C12H17NOS. The van der Waals surface area contributed by atoms with Gasteiger partial charge in [0.2, 0.25) is 0 Å². The Hall–Kier alpha value is -0.830. The van der Waals surface area contributed by atoms with Crippen LogP contribution in [0.15, 0.2) is 24.3 Å². The minimum absolute atomic E-state index is 0.834. The zero-order valence-corrected chi connectivity index (χ0v) is 9.85. The summed E-state index contributed by atoms with van der Waals surface area (Å²) < 4.78 is 5.18. The molecule has 1 aliphatic heterocycles. The third-order valence-corrected chi connectivity index (χ3v) is 3.92. The van der Waals surface area contributed by atoms with E-state index in [4.69, 9.17) is 4.74 Å². The molecule has 3 heteroatoms. The number of nitrogens with one attached hydrogen (secondary N) is 1. The summed E-state index contributed by atoms with van der Waals surface area (Å²) in [6, 6.07) is 8.12. The Morgan fingerprint density at radius 1 is 1.53 bits per heavy atom. The molecule has 1 N–H and O–H groups in total. The van der Waals surface area contributed by atoms with E-state index in [0.717, 1.165) is 23.9 Å². The number of anilines is 1. The van der Waals surface area contributed by atoms with Gasteiger partial charge in [0.1, 0.15) is 5.75 Å². The maximum atomic E-state index is 5.18. The SMILES string of the molecule is COc1cccc(NCC2CCSC2)c1. The highest BCUT2D eigenvalue weighted by molar-refractivity contribution is 7.99. The number of benzene rings is 1. The van der Waals surface area contributed by atoms with Crippen LogP contribution in [-0.2, 0) is 0 Å². The molecule has 1 atom stereocenters. The fourth-order valence-electron chi connectivity index (χ4n) is 1.74. The second-order valence-corrected chi connectivity index (χ2v) is 4.99. The summed E-state index contributed by atoms with van der Waals surface area (Å²) in [5.74, 6) is 4.38. The molecule has 0 amide bonds. The maximum Gasteiger partial charge on any atom is 0.120 e. The first kappa shape index (κ1) is 10.7. The third kappa shape index (κ3) is 3.06. The van der Waals surface area contributed by atoms with Crippen LogP contribution in [-0.4, -0.2) is 25.2 Å². The monoisotopic (exact) mass is 223 g/mol. The van der Waals surface area contributed by atoms with Crippen LogP contribution in [0.2, 0.25) is 0 Å². The average Bonchev–Trinajstić information content (AvgIpc) is 2.79. The average molecular weight is 223 g/mol. The maximum absolute atomic E-state index is 5.18. The molecule has 1 unspecified atom stereocenters. The molecule has 0 aromatic heterocycles. The Labute approximate surface area is 95.4 Å². The third-order valence-electron chi connectivity index (χ3n) is 2.69. The molecule has 0 saturated carbocycles. The summed E-state index contributed by atoms with van der Waals surface area (Å²) >= 11 is 2.06. The van der Waals surface area contributed by atoms with Crippen LogP contribution in [0.3, 0.4) is 0 Å². The summed E-state index contributed by atoms with van der Waals surface area (Å²) in [5, 5.41) is 3.47. The van der Waals surface area contributed by atoms with E-state index in [0.29, 0.717) is 0 Å². The molecule has 0 spiro atoms. The van der Waals surface area contributed by atoms with E-state index in [1.807, 2.05) is 18.2 Å². The van der Waals surface area contributed by atoms with Crippen molar-refractivity contribution in [2.75, 3.05) is 30.5 Å². The summed E-state index contributed by atoms with van der Waals surface area (Å²) in [6.07, 6.45) is 1.35. The van der Waals surface area contributed by atoms with Gasteiger partial charge >= 0.3 is 0 Å². The number of hydrogen-bond donors (Lipinski definition) is 1. The molecule has 82 valence electrons. The molecule has 0 radical (unpaired) electrons. The van der Waals surface area contributed by atoms with Crippen molar-refractivity contribution in [3.63, 3.8) is 0 Å². The van der Waals surface area contributed by atoms with Crippen molar-refractivity contribution in [3.05, 3.63) is 24.3 Å². The van der Waals surface area contributed by atoms with E-state index in [9.17, 15) is 0 Å². The Morgan fingerprint density at radius 2 is 2.47 bits per heavy atom. The fourth-order valence-corrected chi connectivity index (χ4v) is 3.02. The molecule has 2 rings (SSSR count). The molecule has 15 heavy (non-hydrogen) atoms. The molecule has 1 fully saturated rings. The van der Waals surface area contributed by atoms with Gasteiger partial charge in [0, 0.05) is 18.3 Å². The minimum atomic E-state index is 0.834. The van der Waals surface area contributed by atoms with Crippen molar-refractivity contribution >= 4 is 17.4 Å². The predicted molar refractivity (Wildman–Crippen MR) is 66.9 cm³/mol. The van der Waals surface area contributed by atoms with Crippen molar-refractivity contribution in [1.82, 2.24) is 0 Å². The lowest BCUT2D eigenvalue weighted by Gasteiger charge is -2.11. The van der Waals surface area contributed by atoms with E-state index in [1.54, 1.807) is 7.11 Å². The Kier molecular flexibility index (Phi) is 3.78. The van der Waals surface area contributed by atoms with Gasteiger partial charge < -0.3 is 10.1 Å². The lowest BCUT2D eigenvalue weighted by Crippen LogP contribution is -2.13. The topological polar surface area (TPSA) is 21.3 Å².